The molecule has 3 nitrogen and oxygen atoms in total. The molecule has 114 valence electrons. The molecule has 1 aromatic rings. The van der Waals surface area contributed by atoms with Crippen molar-refractivity contribution in [2.75, 3.05) is 30.8 Å². The lowest BCUT2D eigenvalue weighted by atomic mass is 10.1. The minimum atomic E-state index is 0.698. The Morgan fingerprint density at radius 2 is 1.60 bits per heavy atom. The highest BCUT2D eigenvalue weighted by Crippen LogP contribution is 2.32. The third-order valence-corrected chi connectivity index (χ3v) is 3.56. The van der Waals surface area contributed by atoms with E-state index in [0.29, 0.717) is 11.8 Å². The van der Waals surface area contributed by atoms with Gasteiger partial charge in [0.1, 0.15) is 5.75 Å². The number of nitrogen functional groups attached to an aromatic ring is 1. The highest BCUT2D eigenvalue weighted by molar-refractivity contribution is 5.74. The molecular weight excluding hydrogens is 248 g/mol. The second-order valence-electron chi connectivity index (χ2n) is 6.25. The minimum Gasteiger partial charge on any atom is -0.495 e. The molecule has 0 unspecified atom stereocenters. The Labute approximate surface area is 124 Å². The molecule has 0 heterocycles. The molecule has 0 aliphatic heterocycles. The van der Waals surface area contributed by atoms with Crippen molar-refractivity contribution in [1.29, 1.82) is 0 Å². The average molecular weight is 278 g/mol. The summed E-state index contributed by atoms with van der Waals surface area (Å²) in [7, 11) is 1.67. The molecule has 1 rings (SSSR count). The Bertz CT molecular complexity index is 390. The van der Waals surface area contributed by atoms with Crippen LogP contribution in [0.5, 0.6) is 5.75 Å². The molecule has 1 aromatic carbocycles. The summed E-state index contributed by atoms with van der Waals surface area (Å²) in [5.74, 6) is 2.16. The van der Waals surface area contributed by atoms with Crippen LogP contribution in [0.15, 0.2) is 18.2 Å². The van der Waals surface area contributed by atoms with E-state index in [1.165, 1.54) is 12.8 Å². The first-order valence-corrected chi connectivity index (χ1v) is 7.63. The Morgan fingerprint density at radius 3 is 2.05 bits per heavy atom. The van der Waals surface area contributed by atoms with Crippen molar-refractivity contribution in [3.05, 3.63) is 18.2 Å². The summed E-state index contributed by atoms with van der Waals surface area (Å²) >= 11 is 0. The summed E-state index contributed by atoms with van der Waals surface area (Å²) in [6.45, 7) is 11.1. The number of anilines is 2. The second kappa shape index (κ2) is 8.03. The van der Waals surface area contributed by atoms with E-state index in [2.05, 4.69) is 38.7 Å². The molecule has 2 N–H and O–H groups in total. The zero-order valence-corrected chi connectivity index (χ0v) is 13.6. The number of para-hydroxylation sites is 1. The third-order valence-electron chi connectivity index (χ3n) is 3.56. The standard InChI is InChI=1S/C17H30N2O/c1-13(2)9-11-19(12-10-14(3)4)15-7-6-8-16(20-5)17(15)18/h6-8,13-14H,9-12,18H2,1-5H3. The van der Waals surface area contributed by atoms with E-state index >= 15 is 0 Å². The fourth-order valence-electron chi connectivity index (χ4n) is 2.17. The molecule has 20 heavy (non-hydrogen) atoms. The van der Waals surface area contributed by atoms with Crippen LogP contribution in [0.1, 0.15) is 40.5 Å². The molecule has 0 atom stereocenters. The van der Waals surface area contributed by atoms with Gasteiger partial charge in [-0.1, -0.05) is 33.8 Å². The smallest absolute Gasteiger partial charge is 0.143 e. The van der Waals surface area contributed by atoms with Crippen LogP contribution in [0.2, 0.25) is 0 Å². The molecular formula is C17H30N2O. The Hall–Kier alpha value is -1.38. The SMILES string of the molecule is COc1cccc(N(CCC(C)C)CCC(C)C)c1N. The normalized spacial score (nSPS) is 11.2. The van der Waals surface area contributed by atoms with Gasteiger partial charge in [0.05, 0.1) is 18.5 Å². The number of methoxy groups -OCH3 is 1. The molecule has 0 radical (unpaired) electrons. The summed E-state index contributed by atoms with van der Waals surface area (Å²) in [5, 5.41) is 0. The van der Waals surface area contributed by atoms with E-state index in [4.69, 9.17) is 10.5 Å². The summed E-state index contributed by atoms with van der Waals surface area (Å²) < 4.78 is 5.34. The highest BCUT2D eigenvalue weighted by Gasteiger charge is 2.13. The first kappa shape index (κ1) is 16.7. The molecule has 3 heteroatoms. The summed E-state index contributed by atoms with van der Waals surface area (Å²) in [6.07, 6.45) is 2.35. The second-order valence-corrected chi connectivity index (χ2v) is 6.25. The fraction of sp³-hybridized carbons (Fsp3) is 0.647. The average Bonchev–Trinajstić information content (AvgIpc) is 2.39. The highest BCUT2D eigenvalue weighted by atomic mass is 16.5. The van der Waals surface area contributed by atoms with Crippen LogP contribution in [0.3, 0.4) is 0 Å². The largest absolute Gasteiger partial charge is 0.495 e. The fourth-order valence-corrected chi connectivity index (χ4v) is 2.17. The molecule has 0 amide bonds. The molecule has 0 aromatic heterocycles. The van der Waals surface area contributed by atoms with E-state index < -0.39 is 0 Å². The predicted octanol–water partition coefficient (Wildman–Crippen LogP) is 4.18. The Balaban J connectivity index is 2.90. The quantitative estimate of drug-likeness (QED) is 0.725. The number of benzene rings is 1. The molecule has 0 spiro atoms. The van der Waals surface area contributed by atoms with Crippen molar-refractivity contribution >= 4 is 11.4 Å². The Morgan fingerprint density at radius 1 is 1.05 bits per heavy atom. The monoisotopic (exact) mass is 278 g/mol. The third kappa shape index (κ3) is 4.95. The number of nitrogens with two attached hydrogens (primary N) is 1. The van der Waals surface area contributed by atoms with Crippen LogP contribution >= 0.6 is 0 Å². The van der Waals surface area contributed by atoms with Gasteiger partial charge in [-0.05, 0) is 36.8 Å². The van der Waals surface area contributed by atoms with Gasteiger partial charge in [0.2, 0.25) is 0 Å². The van der Waals surface area contributed by atoms with Crippen LogP contribution in [0, 0.1) is 11.8 Å². The maximum Gasteiger partial charge on any atom is 0.143 e. The van der Waals surface area contributed by atoms with Gasteiger partial charge in [-0.2, -0.15) is 0 Å². The van der Waals surface area contributed by atoms with Crippen LogP contribution in [0.25, 0.3) is 0 Å². The number of nitrogens with zero attached hydrogens (tertiary/aromatic N) is 1. The first-order chi connectivity index (χ1) is 9.45. The minimum absolute atomic E-state index is 0.698. The molecule has 0 saturated heterocycles. The van der Waals surface area contributed by atoms with Crippen LogP contribution in [0.4, 0.5) is 11.4 Å². The summed E-state index contributed by atoms with van der Waals surface area (Å²) in [6, 6.07) is 6.03. The number of hydrogen-bond donors (Lipinski definition) is 1. The number of rotatable bonds is 8. The van der Waals surface area contributed by atoms with E-state index in [0.717, 1.165) is 30.2 Å². The summed E-state index contributed by atoms with van der Waals surface area (Å²) in [4.78, 5) is 2.40. The predicted molar refractivity (Wildman–Crippen MR) is 88.5 cm³/mol. The zero-order chi connectivity index (χ0) is 15.1. The van der Waals surface area contributed by atoms with Crippen molar-refractivity contribution in [2.45, 2.75) is 40.5 Å². The van der Waals surface area contributed by atoms with Gasteiger partial charge in [0, 0.05) is 13.1 Å². The molecule has 0 saturated carbocycles. The first-order valence-electron chi connectivity index (χ1n) is 7.63. The van der Waals surface area contributed by atoms with E-state index in [9.17, 15) is 0 Å². The van der Waals surface area contributed by atoms with Gasteiger partial charge in [-0.15, -0.1) is 0 Å². The topological polar surface area (TPSA) is 38.5 Å². The Kier molecular flexibility index (Phi) is 6.69. The van der Waals surface area contributed by atoms with Crippen LogP contribution < -0.4 is 15.4 Å². The van der Waals surface area contributed by atoms with Gasteiger partial charge in [0.25, 0.3) is 0 Å². The van der Waals surface area contributed by atoms with Crippen molar-refractivity contribution in [3.63, 3.8) is 0 Å². The van der Waals surface area contributed by atoms with E-state index in [1.54, 1.807) is 7.11 Å². The van der Waals surface area contributed by atoms with Gasteiger partial charge < -0.3 is 15.4 Å². The molecule has 0 aliphatic rings. The number of hydrogen-bond acceptors (Lipinski definition) is 3. The van der Waals surface area contributed by atoms with Gasteiger partial charge in [-0.25, -0.2) is 0 Å². The van der Waals surface area contributed by atoms with E-state index in [-0.39, 0.29) is 0 Å². The van der Waals surface area contributed by atoms with Crippen LogP contribution in [-0.2, 0) is 0 Å². The molecule has 0 aliphatic carbocycles. The van der Waals surface area contributed by atoms with E-state index in [1.807, 2.05) is 12.1 Å². The lowest BCUT2D eigenvalue weighted by molar-refractivity contribution is 0.417. The maximum absolute atomic E-state index is 6.24. The van der Waals surface area contributed by atoms with Crippen molar-refractivity contribution < 1.29 is 4.74 Å². The van der Waals surface area contributed by atoms with Crippen molar-refractivity contribution in [2.24, 2.45) is 11.8 Å². The van der Waals surface area contributed by atoms with Gasteiger partial charge in [0.15, 0.2) is 0 Å². The van der Waals surface area contributed by atoms with Gasteiger partial charge >= 0.3 is 0 Å². The zero-order valence-electron chi connectivity index (χ0n) is 13.6. The number of ether oxygens (including phenoxy) is 1. The van der Waals surface area contributed by atoms with Crippen LogP contribution in [-0.4, -0.2) is 20.2 Å². The molecule has 0 bridgehead atoms. The lowest BCUT2D eigenvalue weighted by Gasteiger charge is -2.28. The molecule has 0 fully saturated rings. The lowest BCUT2D eigenvalue weighted by Crippen LogP contribution is -2.28. The van der Waals surface area contributed by atoms with Gasteiger partial charge in [-0.3, -0.25) is 0 Å². The summed E-state index contributed by atoms with van der Waals surface area (Å²) in [5.41, 5.74) is 8.10. The van der Waals surface area contributed by atoms with Crippen molar-refractivity contribution in [1.82, 2.24) is 0 Å². The maximum atomic E-state index is 6.24. The van der Waals surface area contributed by atoms with Crippen molar-refractivity contribution in [3.8, 4) is 5.75 Å².